The summed E-state index contributed by atoms with van der Waals surface area (Å²) in [7, 11) is 2.10. The Labute approximate surface area is 121 Å². The van der Waals surface area contributed by atoms with Crippen molar-refractivity contribution in [1.82, 2.24) is 9.80 Å². The summed E-state index contributed by atoms with van der Waals surface area (Å²) in [5.74, 6) is 0.192. The first-order chi connectivity index (χ1) is 9.47. The van der Waals surface area contributed by atoms with E-state index in [0.29, 0.717) is 6.54 Å². The number of benzene rings is 1. The fraction of sp³-hybridized carbons (Fsp3) is 0.562. The number of aryl methyl sites for hydroxylation is 3. The van der Waals surface area contributed by atoms with Crippen molar-refractivity contribution >= 4 is 11.6 Å². The Morgan fingerprint density at radius 3 is 2.20 bits per heavy atom. The minimum Gasteiger partial charge on any atom is -0.376 e. The van der Waals surface area contributed by atoms with E-state index in [1.165, 1.54) is 16.7 Å². The minimum atomic E-state index is 0.192. The van der Waals surface area contributed by atoms with Gasteiger partial charge in [0.2, 0.25) is 5.91 Å². The van der Waals surface area contributed by atoms with Crippen LogP contribution in [0, 0.1) is 20.8 Å². The number of likely N-dealkylation sites (N-methyl/N-ethyl adjacent to an activating group) is 1. The summed E-state index contributed by atoms with van der Waals surface area (Å²) in [5.41, 5.74) is 4.76. The van der Waals surface area contributed by atoms with Crippen LogP contribution >= 0.6 is 0 Å². The van der Waals surface area contributed by atoms with Crippen molar-refractivity contribution in [1.29, 1.82) is 0 Å². The van der Waals surface area contributed by atoms with Crippen molar-refractivity contribution in [2.75, 3.05) is 45.1 Å². The lowest BCUT2D eigenvalue weighted by Crippen LogP contribution is -2.48. The zero-order valence-corrected chi connectivity index (χ0v) is 13.0. The molecule has 1 aromatic rings. The molecule has 4 heteroatoms. The van der Waals surface area contributed by atoms with Crippen LogP contribution < -0.4 is 5.32 Å². The number of anilines is 1. The molecule has 0 bridgehead atoms. The van der Waals surface area contributed by atoms with Crippen LogP contribution in [0.1, 0.15) is 16.7 Å². The van der Waals surface area contributed by atoms with E-state index < -0.39 is 0 Å². The quantitative estimate of drug-likeness (QED) is 0.913. The molecule has 0 atom stereocenters. The first kappa shape index (κ1) is 14.9. The third kappa shape index (κ3) is 3.51. The van der Waals surface area contributed by atoms with Gasteiger partial charge in [-0.15, -0.1) is 0 Å². The normalized spacial score (nSPS) is 16.3. The molecule has 0 aromatic heterocycles. The lowest BCUT2D eigenvalue weighted by molar-refractivity contribution is -0.130. The molecule has 1 aliphatic rings. The predicted octanol–water partition coefficient (Wildman–Crippen LogP) is 1.80. The van der Waals surface area contributed by atoms with Crippen LogP contribution in [0.3, 0.4) is 0 Å². The summed E-state index contributed by atoms with van der Waals surface area (Å²) in [5, 5.41) is 3.31. The molecular weight excluding hydrogens is 250 g/mol. The number of rotatable bonds is 3. The Morgan fingerprint density at radius 2 is 1.65 bits per heavy atom. The molecule has 2 rings (SSSR count). The number of carbonyl (C=O) groups excluding carboxylic acids is 1. The molecule has 20 heavy (non-hydrogen) atoms. The molecule has 0 aliphatic carbocycles. The highest BCUT2D eigenvalue weighted by Gasteiger charge is 2.18. The summed E-state index contributed by atoms with van der Waals surface area (Å²) >= 11 is 0. The summed E-state index contributed by atoms with van der Waals surface area (Å²) in [6.07, 6.45) is 0. The molecular formula is C16H25N3O. The van der Waals surface area contributed by atoms with E-state index in [1.807, 2.05) is 4.90 Å². The summed E-state index contributed by atoms with van der Waals surface area (Å²) in [6, 6.07) is 4.30. The number of hydrogen-bond donors (Lipinski definition) is 1. The molecule has 1 saturated heterocycles. The molecule has 1 amide bonds. The van der Waals surface area contributed by atoms with Gasteiger partial charge in [0, 0.05) is 31.9 Å². The maximum absolute atomic E-state index is 12.2. The van der Waals surface area contributed by atoms with E-state index in [-0.39, 0.29) is 5.91 Å². The van der Waals surface area contributed by atoms with Gasteiger partial charge in [0.25, 0.3) is 0 Å². The van der Waals surface area contributed by atoms with Crippen molar-refractivity contribution in [2.24, 2.45) is 0 Å². The Morgan fingerprint density at radius 1 is 1.10 bits per heavy atom. The van der Waals surface area contributed by atoms with Gasteiger partial charge in [-0.05, 0) is 38.9 Å². The molecule has 1 aliphatic heterocycles. The number of nitrogens with zero attached hydrogens (tertiary/aromatic N) is 2. The smallest absolute Gasteiger partial charge is 0.241 e. The van der Waals surface area contributed by atoms with E-state index >= 15 is 0 Å². The van der Waals surface area contributed by atoms with Crippen molar-refractivity contribution in [2.45, 2.75) is 20.8 Å². The Kier molecular flexibility index (Phi) is 4.65. The first-order valence-corrected chi connectivity index (χ1v) is 7.25. The molecule has 1 heterocycles. The zero-order chi connectivity index (χ0) is 14.7. The zero-order valence-electron chi connectivity index (χ0n) is 13.0. The maximum Gasteiger partial charge on any atom is 0.241 e. The van der Waals surface area contributed by atoms with Crippen LogP contribution in [0.25, 0.3) is 0 Å². The van der Waals surface area contributed by atoms with E-state index in [1.54, 1.807) is 0 Å². The Hall–Kier alpha value is -1.55. The topological polar surface area (TPSA) is 35.6 Å². The fourth-order valence-corrected chi connectivity index (χ4v) is 2.79. The van der Waals surface area contributed by atoms with Gasteiger partial charge in [-0.1, -0.05) is 17.7 Å². The van der Waals surface area contributed by atoms with Gasteiger partial charge >= 0.3 is 0 Å². The highest BCUT2D eigenvalue weighted by Crippen LogP contribution is 2.21. The molecule has 0 saturated carbocycles. The van der Waals surface area contributed by atoms with Crippen LogP contribution in [-0.4, -0.2) is 55.5 Å². The van der Waals surface area contributed by atoms with E-state index in [0.717, 1.165) is 31.9 Å². The fourth-order valence-electron chi connectivity index (χ4n) is 2.79. The standard InChI is InChI=1S/C16H25N3O/c1-12-9-13(2)16(14(3)10-12)17-11-15(20)19-7-5-18(4)6-8-19/h9-10,17H,5-8,11H2,1-4H3. The van der Waals surface area contributed by atoms with Gasteiger partial charge < -0.3 is 15.1 Å². The molecule has 1 aromatic carbocycles. The molecule has 1 N–H and O–H groups in total. The summed E-state index contributed by atoms with van der Waals surface area (Å²) in [6.45, 7) is 10.3. The number of amides is 1. The molecule has 1 fully saturated rings. The van der Waals surface area contributed by atoms with Crippen LogP contribution in [-0.2, 0) is 4.79 Å². The molecule has 0 spiro atoms. The highest BCUT2D eigenvalue weighted by atomic mass is 16.2. The SMILES string of the molecule is Cc1cc(C)c(NCC(=O)N2CCN(C)CC2)c(C)c1. The second-order valence-corrected chi connectivity index (χ2v) is 5.81. The predicted molar refractivity (Wildman–Crippen MR) is 83.2 cm³/mol. The summed E-state index contributed by atoms with van der Waals surface area (Å²) < 4.78 is 0. The van der Waals surface area contributed by atoms with Crippen molar-refractivity contribution < 1.29 is 4.79 Å². The number of piperazine rings is 1. The lowest BCUT2D eigenvalue weighted by atomic mass is 10.1. The second kappa shape index (κ2) is 6.27. The third-order valence-corrected chi connectivity index (χ3v) is 3.95. The average molecular weight is 275 g/mol. The monoisotopic (exact) mass is 275 g/mol. The van der Waals surface area contributed by atoms with E-state index in [9.17, 15) is 4.79 Å². The largest absolute Gasteiger partial charge is 0.376 e. The van der Waals surface area contributed by atoms with Gasteiger partial charge in [0.05, 0.1) is 6.54 Å². The van der Waals surface area contributed by atoms with Gasteiger partial charge in [-0.2, -0.15) is 0 Å². The number of carbonyl (C=O) groups is 1. The lowest BCUT2D eigenvalue weighted by Gasteiger charge is -2.32. The number of nitrogens with one attached hydrogen (secondary N) is 1. The van der Waals surface area contributed by atoms with E-state index in [2.05, 4.69) is 50.2 Å². The van der Waals surface area contributed by atoms with Crippen LogP contribution in [0.15, 0.2) is 12.1 Å². The Balaban J connectivity index is 1.94. The van der Waals surface area contributed by atoms with Crippen molar-refractivity contribution in [3.8, 4) is 0 Å². The minimum absolute atomic E-state index is 0.192. The molecule has 0 radical (unpaired) electrons. The average Bonchev–Trinajstić information content (AvgIpc) is 2.38. The van der Waals surface area contributed by atoms with Gasteiger partial charge in [-0.25, -0.2) is 0 Å². The first-order valence-electron chi connectivity index (χ1n) is 7.25. The van der Waals surface area contributed by atoms with Gasteiger partial charge in [-0.3, -0.25) is 4.79 Å². The van der Waals surface area contributed by atoms with E-state index in [4.69, 9.17) is 0 Å². The van der Waals surface area contributed by atoms with Crippen molar-refractivity contribution in [3.63, 3.8) is 0 Å². The maximum atomic E-state index is 12.2. The molecule has 4 nitrogen and oxygen atoms in total. The number of hydrogen-bond acceptors (Lipinski definition) is 3. The van der Waals surface area contributed by atoms with Crippen LogP contribution in [0.5, 0.6) is 0 Å². The van der Waals surface area contributed by atoms with Crippen LogP contribution in [0.2, 0.25) is 0 Å². The molecule has 0 unspecified atom stereocenters. The summed E-state index contributed by atoms with van der Waals surface area (Å²) in [4.78, 5) is 16.4. The van der Waals surface area contributed by atoms with Gasteiger partial charge in [0.15, 0.2) is 0 Å². The van der Waals surface area contributed by atoms with Crippen LogP contribution in [0.4, 0.5) is 5.69 Å². The van der Waals surface area contributed by atoms with Gasteiger partial charge in [0.1, 0.15) is 0 Å². The van der Waals surface area contributed by atoms with Crippen molar-refractivity contribution in [3.05, 3.63) is 28.8 Å². The second-order valence-electron chi connectivity index (χ2n) is 5.81. The Bertz CT molecular complexity index is 467. The highest BCUT2D eigenvalue weighted by molar-refractivity contribution is 5.81. The molecule has 110 valence electrons. The third-order valence-electron chi connectivity index (χ3n) is 3.95.